The van der Waals surface area contributed by atoms with E-state index >= 15 is 0 Å². The molecule has 0 aliphatic carbocycles. The third-order valence-corrected chi connectivity index (χ3v) is 4.31. The number of anilines is 1. The zero-order chi connectivity index (χ0) is 20.3. The number of ether oxygens (including phenoxy) is 1. The summed E-state index contributed by atoms with van der Waals surface area (Å²) in [4.78, 5) is 33.4. The van der Waals surface area contributed by atoms with Crippen molar-refractivity contribution in [2.45, 2.75) is 27.3 Å². The Bertz CT molecular complexity index is 1100. The molecule has 8 nitrogen and oxygen atoms in total. The Kier molecular flexibility index (Phi) is 5.79. The monoisotopic (exact) mass is 401 g/mol. The first-order valence-corrected chi connectivity index (χ1v) is 9.03. The summed E-state index contributed by atoms with van der Waals surface area (Å²) in [6.07, 6.45) is 2.89. The summed E-state index contributed by atoms with van der Waals surface area (Å²) in [5, 5.41) is 3.31. The van der Waals surface area contributed by atoms with Crippen molar-refractivity contribution in [2.75, 3.05) is 11.9 Å². The van der Waals surface area contributed by atoms with E-state index in [2.05, 4.69) is 20.3 Å². The van der Waals surface area contributed by atoms with Crippen LogP contribution >= 0.6 is 11.6 Å². The fraction of sp³-hybridized carbons (Fsp3) is 0.263. The van der Waals surface area contributed by atoms with Gasteiger partial charge in [0.05, 0.1) is 6.20 Å². The number of benzene rings is 1. The highest BCUT2D eigenvalue weighted by molar-refractivity contribution is 6.31. The highest BCUT2D eigenvalue weighted by atomic mass is 35.5. The van der Waals surface area contributed by atoms with Crippen LogP contribution in [-0.2, 0) is 6.54 Å². The van der Waals surface area contributed by atoms with Crippen LogP contribution < -0.4 is 21.3 Å². The van der Waals surface area contributed by atoms with Crippen LogP contribution in [0.25, 0.3) is 0 Å². The molecule has 146 valence electrons. The van der Waals surface area contributed by atoms with Crippen LogP contribution in [0.2, 0.25) is 5.02 Å². The summed E-state index contributed by atoms with van der Waals surface area (Å²) in [6, 6.07) is 5.34. The van der Waals surface area contributed by atoms with Crippen molar-refractivity contribution in [1.29, 1.82) is 0 Å². The number of rotatable bonds is 6. The van der Waals surface area contributed by atoms with Gasteiger partial charge in [0.15, 0.2) is 0 Å². The second-order valence-corrected chi connectivity index (χ2v) is 6.81. The average Bonchev–Trinajstić information content (AvgIpc) is 2.62. The summed E-state index contributed by atoms with van der Waals surface area (Å²) in [5.74, 6) is 1.27. The largest absolute Gasteiger partial charge is 0.437 e. The number of nitrogens with one attached hydrogen (secondary N) is 2. The third kappa shape index (κ3) is 4.58. The maximum atomic E-state index is 11.7. The Morgan fingerprint density at radius 2 is 1.93 bits per heavy atom. The van der Waals surface area contributed by atoms with E-state index < -0.39 is 11.2 Å². The summed E-state index contributed by atoms with van der Waals surface area (Å²) in [5.41, 5.74) is 2.22. The molecule has 0 fully saturated rings. The molecule has 2 heterocycles. The molecular formula is C19H20ClN5O3. The Morgan fingerprint density at radius 1 is 1.21 bits per heavy atom. The van der Waals surface area contributed by atoms with Crippen LogP contribution in [0.1, 0.15) is 16.7 Å². The predicted octanol–water partition coefficient (Wildman–Crippen LogP) is 2.81. The lowest BCUT2D eigenvalue weighted by Gasteiger charge is -2.14. The highest BCUT2D eigenvalue weighted by Crippen LogP contribution is 2.32. The van der Waals surface area contributed by atoms with E-state index in [-0.39, 0.29) is 5.88 Å². The van der Waals surface area contributed by atoms with E-state index in [4.69, 9.17) is 16.3 Å². The maximum Gasteiger partial charge on any atom is 0.328 e. The highest BCUT2D eigenvalue weighted by Gasteiger charge is 2.12. The molecule has 0 bridgehead atoms. The van der Waals surface area contributed by atoms with E-state index in [1.807, 2.05) is 32.9 Å². The Balaban J connectivity index is 1.73. The zero-order valence-electron chi connectivity index (χ0n) is 15.7. The fourth-order valence-electron chi connectivity index (χ4n) is 2.84. The summed E-state index contributed by atoms with van der Waals surface area (Å²) < 4.78 is 7.32. The van der Waals surface area contributed by atoms with Crippen LogP contribution in [0.3, 0.4) is 0 Å². The van der Waals surface area contributed by atoms with Crippen molar-refractivity contribution < 1.29 is 4.74 Å². The van der Waals surface area contributed by atoms with E-state index in [0.717, 1.165) is 16.7 Å². The van der Waals surface area contributed by atoms with E-state index in [1.165, 1.54) is 23.0 Å². The summed E-state index contributed by atoms with van der Waals surface area (Å²) in [7, 11) is 0. The number of aryl methyl sites for hydroxylation is 3. The Labute approximate surface area is 166 Å². The standard InChI is InChI=1S/C19H20ClN5O3/c1-11-8-12(2)16(13(3)9-11)28-17-14(20)10-22-18(24-17)21-5-7-25-6-4-15(26)23-19(25)27/h4,6,8-10H,5,7H2,1-3H3,(H,21,22,24)(H,23,26,27). The minimum Gasteiger partial charge on any atom is -0.437 e. The normalized spacial score (nSPS) is 10.7. The van der Waals surface area contributed by atoms with Gasteiger partial charge in [-0.25, -0.2) is 9.78 Å². The van der Waals surface area contributed by atoms with Gasteiger partial charge in [0.2, 0.25) is 11.8 Å². The predicted molar refractivity (Wildman–Crippen MR) is 108 cm³/mol. The first kappa shape index (κ1) is 19.6. The molecule has 3 rings (SSSR count). The molecule has 0 atom stereocenters. The van der Waals surface area contributed by atoms with Crippen molar-refractivity contribution in [2.24, 2.45) is 0 Å². The Morgan fingerprint density at radius 3 is 2.61 bits per heavy atom. The molecule has 0 spiro atoms. The van der Waals surface area contributed by atoms with E-state index in [1.54, 1.807) is 0 Å². The summed E-state index contributed by atoms with van der Waals surface area (Å²) >= 11 is 6.19. The van der Waals surface area contributed by atoms with E-state index in [9.17, 15) is 9.59 Å². The molecule has 3 aromatic rings. The SMILES string of the molecule is Cc1cc(C)c(Oc2nc(NCCn3ccc(=O)[nH]c3=O)ncc2Cl)c(C)c1. The number of hydrogen-bond acceptors (Lipinski definition) is 6. The second kappa shape index (κ2) is 8.26. The lowest BCUT2D eigenvalue weighted by Crippen LogP contribution is -2.30. The van der Waals surface area contributed by atoms with Crippen LogP contribution in [-0.4, -0.2) is 26.1 Å². The average molecular weight is 402 g/mol. The molecule has 2 N–H and O–H groups in total. The first-order valence-electron chi connectivity index (χ1n) is 8.65. The van der Waals surface area contributed by atoms with Gasteiger partial charge in [0.1, 0.15) is 10.8 Å². The molecule has 0 saturated heterocycles. The molecule has 2 aromatic heterocycles. The molecule has 0 aliphatic heterocycles. The van der Waals surface area contributed by atoms with Crippen LogP contribution in [0.5, 0.6) is 11.6 Å². The molecule has 0 radical (unpaired) electrons. The molecule has 1 aromatic carbocycles. The number of hydrogen-bond donors (Lipinski definition) is 2. The van der Waals surface area contributed by atoms with Crippen molar-refractivity contribution in [3.05, 3.63) is 73.1 Å². The lowest BCUT2D eigenvalue weighted by atomic mass is 10.1. The van der Waals surface area contributed by atoms with Crippen molar-refractivity contribution in [3.63, 3.8) is 0 Å². The Hall–Kier alpha value is -3.13. The van der Waals surface area contributed by atoms with Crippen LogP contribution in [0.15, 0.2) is 40.2 Å². The third-order valence-electron chi connectivity index (χ3n) is 4.05. The fourth-order valence-corrected chi connectivity index (χ4v) is 2.97. The molecule has 0 aliphatic rings. The van der Waals surface area contributed by atoms with Gasteiger partial charge in [-0.15, -0.1) is 0 Å². The van der Waals surface area contributed by atoms with Crippen molar-refractivity contribution in [3.8, 4) is 11.6 Å². The topological polar surface area (TPSA) is 102 Å². The van der Waals surface area contributed by atoms with Gasteiger partial charge in [-0.3, -0.25) is 14.3 Å². The zero-order valence-corrected chi connectivity index (χ0v) is 16.5. The molecule has 0 unspecified atom stereocenters. The number of aromatic nitrogens is 4. The minimum atomic E-state index is -0.472. The second-order valence-electron chi connectivity index (χ2n) is 6.41. The van der Waals surface area contributed by atoms with Crippen molar-refractivity contribution >= 4 is 17.5 Å². The molecular weight excluding hydrogens is 382 g/mol. The van der Waals surface area contributed by atoms with Crippen LogP contribution in [0.4, 0.5) is 5.95 Å². The smallest absolute Gasteiger partial charge is 0.328 e. The van der Waals surface area contributed by atoms with Crippen LogP contribution in [0, 0.1) is 20.8 Å². The number of nitrogens with zero attached hydrogens (tertiary/aromatic N) is 3. The van der Waals surface area contributed by atoms with E-state index in [0.29, 0.717) is 29.8 Å². The summed E-state index contributed by atoms with van der Waals surface area (Å²) in [6.45, 7) is 6.65. The van der Waals surface area contributed by atoms with Gasteiger partial charge in [0, 0.05) is 25.4 Å². The molecule has 9 heteroatoms. The minimum absolute atomic E-state index is 0.246. The van der Waals surface area contributed by atoms with Gasteiger partial charge in [-0.2, -0.15) is 4.98 Å². The van der Waals surface area contributed by atoms with Gasteiger partial charge in [0.25, 0.3) is 5.56 Å². The maximum absolute atomic E-state index is 11.7. The number of halogens is 1. The van der Waals surface area contributed by atoms with Crippen molar-refractivity contribution in [1.82, 2.24) is 19.5 Å². The van der Waals surface area contributed by atoms with Gasteiger partial charge < -0.3 is 10.1 Å². The number of aromatic amines is 1. The first-order chi connectivity index (χ1) is 13.3. The number of H-pyrrole nitrogens is 1. The molecule has 0 amide bonds. The quantitative estimate of drug-likeness (QED) is 0.658. The van der Waals surface area contributed by atoms with Gasteiger partial charge in [-0.1, -0.05) is 29.3 Å². The molecule has 0 saturated carbocycles. The lowest BCUT2D eigenvalue weighted by molar-refractivity contribution is 0.455. The van der Waals surface area contributed by atoms with Gasteiger partial charge in [-0.05, 0) is 31.9 Å². The molecule has 28 heavy (non-hydrogen) atoms. The van der Waals surface area contributed by atoms with Gasteiger partial charge >= 0.3 is 5.69 Å².